The molecule has 2 aromatic rings. The molecular formula is C15H16ClF2N3. The fourth-order valence-corrected chi connectivity index (χ4v) is 1.88. The van der Waals surface area contributed by atoms with Gasteiger partial charge in [0.2, 0.25) is 0 Å². The van der Waals surface area contributed by atoms with E-state index in [1.165, 1.54) is 12.1 Å². The van der Waals surface area contributed by atoms with Crippen LogP contribution in [0, 0.1) is 11.6 Å². The van der Waals surface area contributed by atoms with Crippen molar-refractivity contribution in [2.45, 2.75) is 32.7 Å². The van der Waals surface area contributed by atoms with Crippen LogP contribution in [0.5, 0.6) is 0 Å². The van der Waals surface area contributed by atoms with E-state index in [1.54, 1.807) is 6.07 Å². The van der Waals surface area contributed by atoms with Crippen LogP contribution in [-0.2, 0) is 12.0 Å². The van der Waals surface area contributed by atoms with Crippen molar-refractivity contribution >= 4 is 17.4 Å². The predicted molar refractivity (Wildman–Crippen MR) is 79.4 cm³/mol. The Hall–Kier alpha value is -1.75. The molecule has 0 aliphatic rings. The molecule has 0 radical (unpaired) electrons. The van der Waals surface area contributed by atoms with Gasteiger partial charge in [0.05, 0.1) is 0 Å². The van der Waals surface area contributed by atoms with E-state index >= 15 is 0 Å². The van der Waals surface area contributed by atoms with Crippen LogP contribution in [-0.4, -0.2) is 9.97 Å². The maximum absolute atomic E-state index is 13.6. The average Bonchev–Trinajstić information content (AvgIpc) is 2.36. The molecule has 0 saturated carbocycles. The Balaban J connectivity index is 2.18. The molecule has 1 heterocycles. The molecule has 1 aromatic heterocycles. The van der Waals surface area contributed by atoms with Gasteiger partial charge < -0.3 is 5.32 Å². The molecule has 0 unspecified atom stereocenters. The third-order valence-electron chi connectivity index (χ3n) is 2.84. The third-order valence-corrected chi connectivity index (χ3v) is 3.03. The van der Waals surface area contributed by atoms with Crippen molar-refractivity contribution in [1.29, 1.82) is 0 Å². The predicted octanol–water partition coefficient (Wildman–Crippen LogP) is 4.32. The molecule has 0 spiro atoms. The highest BCUT2D eigenvalue weighted by Crippen LogP contribution is 2.22. The highest BCUT2D eigenvalue weighted by atomic mass is 35.5. The summed E-state index contributed by atoms with van der Waals surface area (Å²) in [4.78, 5) is 8.54. The van der Waals surface area contributed by atoms with Crippen LogP contribution < -0.4 is 5.32 Å². The summed E-state index contributed by atoms with van der Waals surface area (Å²) in [5, 5.41) is 3.29. The van der Waals surface area contributed by atoms with Gasteiger partial charge >= 0.3 is 0 Å². The summed E-state index contributed by atoms with van der Waals surface area (Å²) < 4.78 is 26.4. The Bertz CT molecular complexity index is 654. The summed E-state index contributed by atoms with van der Waals surface area (Å²) in [6.07, 6.45) is 0. The zero-order chi connectivity index (χ0) is 15.6. The number of nitrogens with one attached hydrogen (secondary N) is 1. The fraction of sp³-hybridized carbons (Fsp3) is 0.333. The molecule has 0 aliphatic carbocycles. The van der Waals surface area contributed by atoms with Crippen LogP contribution in [0.3, 0.4) is 0 Å². The van der Waals surface area contributed by atoms with E-state index in [0.717, 1.165) is 6.07 Å². The van der Waals surface area contributed by atoms with Gasteiger partial charge in [-0.1, -0.05) is 38.4 Å². The highest BCUT2D eigenvalue weighted by Gasteiger charge is 2.18. The number of nitrogens with zero attached hydrogens (tertiary/aromatic N) is 2. The molecule has 0 saturated heterocycles. The quantitative estimate of drug-likeness (QED) is 0.858. The van der Waals surface area contributed by atoms with Crippen LogP contribution >= 0.6 is 11.6 Å². The molecule has 2 rings (SSSR count). The van der Waals surface area contributed by atoms with Gasteiger partial charge in [0.1, 0.15) is 28.4 Å². The summed E-state index contributed by atoms with van der Waals surface area (Å²) in [7, 11) is 0. The number of halogens is 3. The summed E-state index contributed by atoms with van der Waals surface area (Å²) in [6.45, 7) is 6.11. The molecule has 0 amide bonds. The lowest BCUT2D eigenvalue weighted by Crippen LogP contribution is -2.17. The first-order valence-corrected chi connectivity index (χ1v) is 6.86. The minimum absolute atomic E-state index is 0.184. The van der Waals surface area contributed by atoms with Crippen molar-refractivity contribution in [2.24, 2.45) is 0 Å². The van der Waals surface area contributed by atoms with Crippen molar-refractivity contribution in [1.82, 2.24) is 9.97 Å². The fourth-order valence-electron chi connectivity index (χ4n) is 1.69. The Kier molecular flexibility index (Phi) is 4.42. The SMILES string of the molecule is CC(C)(C)c1nc(Cl)cc(NCc2ccc(F)cc2F)n1. The Morgan fingerprint density at radius 1 is 1.14 bits per heavy atom. The first-order valence-electron chi connectivity index (χ1n) is 6.48. The molecule has 3 nitrogen and oxygen atoms in total. The van der Waals surface area contributed by atoms with Crippen molar-refractivity contribution in [3.8, 4) is 0 Å². The van der Waals surface area contributed by atoms with Crippen LogP contribution in [0.1, 0.15) is 32.2 Å². The second-order valence-corrected chi connectivity index (χ2v) is 6.13. The van der Waals surface area contributed by atoms with Crippen molar-refractivity contribution < 1.29 is 8.78 Å². The Morgan fingerprint density at radius 3 is 2.48 bits per heavy atom. The van der Waals surface area contributed by atoms with Crippen molar-refractivity contribution in [2.75, 3.05) is 5.32 Å². The van der Waals surface area contributed by atoms with Crippen LogP contribution in [0.15, 0.2) is 24.3 Å². The van der Waals surface area contributed by atoms with E-state index in [4.69, 9.17) is 11.6 Å². The van der Waals surface area contributed by atoms with Gasteiger partial charge in [-0.3, -0.25) is 0 Å². The molecule has 0 fully saturated rings. The van der Waals surface area contributed by atoms with Crippen LogP contribution in [0.25, 0.3) is 0 Å². The van der Waals surface area contributed by atoms with Gasteiger partial charge in [-0.2, -0.15) is 0 Å². The number of benzene rings is 1. The number of hydrogen-bond donors (Lipinski definition) is 1. The summed E-state index contributed by atoms with van der Waals surface area (Å²) >= 11 is 5.98. The smallest absolute Gasteiger partial charge is 0.137 e. The standard InChI is InChI=1S/C15H16ClF2N3/c1-15(2,3)14-20-12(16)7-13(21-14)19-8-9-4-5-10(17)6-11(9)18/h4-7H,8H2,1-3H3,(H,19,20,21). The molecule has 1 aromatic carbocycles. The summed E-state index contributed by atoms with van der Waals surface area (Å²) in [6, 6.07) is 5.03. The molecule has 112 valence electrons. The molecule has 1 N–H and O–H groups in total. The Labute approximate surface area is 127 Å². The van der Waals surface area contributed by atoms with E-state index in [1.807, 2.05) is 20.8 Å². The van der Waals surface area contributed by atoms with Crippen LogP contribution in [0.4, 0.5) is 14.6 Å². The zero-order valence-corrected chi connectivity index (χ0v) is 12.8. The lowest BCUT2D eigenvalue weighted by molar-refractivity contribution is 0.545. The first-order chi connectivity index (χ1) is 9.75. The van der Waals surface area contributed by atoms with Gasteiger partial charge in [0, 0.05) is 29.7 Å². The molecule has 0 atom stereocenters. The largest absolute Gasteiger partial charge is 0.366 e. The van der Waals surface area contributed by atoms with E-state index in [0.29, 0.717) is 22.4 Å². The maximum atomic E-state index is 13.6. The molecule has 0 bridgehead atoms. The summed E-state index contributed by atoms with van der Waals surface area (Å²) in [5.74, 6) is -0.101. The van der Waals surface area contributed by atoms with Crippen LogP contribution in [0.2, 0.25) is 5.15 Å². The van der Waals surface area contributed by atoms with E-state index < -0.39 is 11.6 Å². The lowest BCUT2D eigenvalue weighted by Gasteiger charge is -2.18. The molecule has 21 heavy (non-hydrogen) atoms. The molecule has 0 aliphatic heterocycles. The second-order valence-electron chi connectivity index (χ2n) is 5.74. The topological polar surface area (TPSA) is 37.8 Å². The van der Waals surface area contributed by atoms with E-state index in [-0.39, 0.29) is 12.0 Å². The third kappa shape index (κ3) is 4.11. The molecule has 6 heteroatoms. The number of hydrogen-bond acceptors (Lipinski definition) is 3. The second kappa shape index (κ2) is 5.93. The highest BCUT2D eigenvalue weighted by molar-refractivity contribution is 6.29. The maximum Gasteiger partial charge on any atom is 0.137 e. The normalized spacial score (nSPS) is 11.5. The minimum atomic E-state index is -0.601. The number of anilines is 1. The Morgan fingerprint density at radius 2 is 1.86 bits per heavy atom. The summed E-state index contributed by atoms with van der Waals surface area (Å²) in [5.41, 5.74) is 0.103. The van der Waals surface area contributed by atoms with Gasteiger partial charge in [-0.15, -0.1) is 0 Å². The minimum Gasteiger partial charge on any atom is -0.366 e. The monoisotopic (exact) mass is 311 g/mol. The van der Waals surface area contributed by atoms with Crippen molar-refractivity contribution in [3.63, 3.8) is 0 Å². The van der Waals surface area contributed by atoms with E-state index in [2.05, 4.69) is 15.3 Å². The number of rotatable bonds is 3. The van der Waals surface area contributed by atoms with Gasteiger partial charge in [-0.25, -0.2) is 18.7 Å². The first kappa shape index (κ1) is 15.6. The average molecular weight is 312 g/mol. The van der Waals surface area contributed by atoms with Gasteiger partial charge in [0.25, 0.3) is 0 Å². The van der Waals surface area contributed by atoms with E-state index in [9.17, 15) is 8.78 Å². The number of aromatic nitrogens is 2. The molecular weight excluding hydrogens is 296 g/mol. The van der Waals surface area contributed by atoms with Crippen molar-refractivity contribution in [3.05, 3.63) is 52.4 Å². The van der Waals surface area contributed by atoms with Gasteiger partial charge in [0.15, 0.2) is 0 Å². The zero-order valence-electron chi connectivity index (χ0n) is 12.0. The van der Waals surface area contributed by atoms with Gasteiger partial charge in [-0.05, 0) is 6.07 Å². The lowest BCUT2D eigenvalue weighted by atomic mass is 9.96.